The number of benzene rings is 3. The molecule has 4 heteroatoms. The number of nitrogens with two attached hydrogens (primary N) is 1. The molecule has 0 aromatic heterocycles. The van der Waals surface area contributed by atoms with Crippen LogP contribution in [0.1, 0.15) is 30.0 Å². The summed E-state index contributed by atoms with van der Waals surface area (Å²) >= 11 is 0. The monoisotopic (exact) mass is 375 g/mol. The largest absolute Gasteiger partial charge is 0.497 e. The Kier molecular flexibility index (Phi) is 6.82. The molecule has 0 saturated carbocycles. The molecule has 1 amide bonds. The molecule has 0 fully saturated rings. The first-order chi connectivity index (χ1) is 13.7. The maximum atomic E-state index is 13.1. The number of methoxy groups -OCH3 is 1. The minimum absolute atomic E-state index is 0.0419. The van der Waals surface area contributed by atoms with E-state index >= 15 is 0 Å². The van der Waals surface area contributed by atoms with Crippen LogP contribution >= 0.6 is 0 Å². The summed E-state index contributed by atoms with van der Waals surface area (Å²) in [6, 6.07) is 27.4. The Bertz CT molecular complexity index is 881. The number of ether oxygens (including phenoxy) is 1. The zero-order valence-corrected chi connectivity index (χ0v) is 16.3. The SMILES string of the molecule is COc1cccc(NC(=O)[C@@H]([NH2+]C[C@@H](C)c2ccccc2)c2ccccc2)c1. The average molecular weight is 375 g/mol. The standard InChI is InChI=1S/C24H26N2O2/c1-18(19-10-5-3-6-11-19)17-25-23(20-12-7-4-8-13-20)24(27)26-21-14-9-15-22(16-21)28-2/h3-16,18,23,25H,17H2,1-2H3,(H,26,27)/p+1/t18-,23+/m1/s1. The normalized spacial score (nSPS) is 12.8. The highest BCUT2D eigenvalue weighted by atomic mass is 16.5. The Balaban J connectivity index is 1.74. The van der Waals surface area contributed by atoms with E-state index in [4.69, 9.17) is 4.74 Å². The first-order valence-electron chi connectivity index (χ1n) is 9.55. The lowest BCUT2D eigenvalue weighted by molar-refractivity contribution is -0.684. The highest BCUT2D eigenvalue weighted by Gasteiger charge is 2.25. The van der Waals surface area contributed by atoms with Crippen LogP contribution < -0.4 is 15.4 Å². The third-order valence-electron chi connectivity index (χ3n) is 4.87. The topological polar surface area (TPSA) is 54.9 Å². The molecule has 0 saturated heterocycles. The van der Waals surface area contributed by atoms with Crippen molar-refractivity contribution in [1.82, 2.24) is 0 Å². The van der Waals surface area contributed by atoms with E-state index in [-0.39, 0.29) is 11.9 Å². The zero-order valence-electron chi connectivity index (χ0n) is 16.3. The summed E-state index contributed by atoms with van der Waals surface area (Å²) in [4.78, 5) is 13.1. The predicted molar refractivity (Wildman–Crippen MR) is 112 cm³/mol. The molecular weight excluding hydrogens is 348 g/mol. The first kappa shape index (κ1) is 19.6. The summed E-state index contributed by atoms with van der Waals surface area (Å²) in [5.74, 6) is 1.02. The van der Waals surface area contributed by atoms with Crippen LogP contribution in [0.4, 0.5) is 5.69 Å². The molecular formula is C24H27N2O2+. The summed E-state index contributed by atoms with van der Waals surface area (Å²) in [7, 11) is 1.62. The van der Waals surface area contributed by atoms with Gasteiger partial charge in [0, 0.05) is 23.2 Å². The Morgan fingerprint density at radius 1 is 0.929 bits per heavy atom. The van der Waals surface area contributed by atoms with Crippen molar-refractivity contribution in [2.75, 3.05) is 19.0 Å². The molecule has 0 aliphatic carbocycles. The number of carbonyl (C=O) groups excluding carboxylic acids is 1. The molecule has 0 radical (unpaired) electrons. The summed E-state index contributed by atoms with van der Waals surface area (Å²) in [6.45, 7) is 3.00. The number of carbonyl (C=O) groups is 1. The van der Waals surface area contributed by atoms with E-state index in [2.05, 4.69) is 41.8 Å². The van der Waals surface area contributed by atoms with Crippen molar-refractivity contribution in [3.8, 4) is 5.75 Å². The molecule has 4 nitrogen and oxygen atoms in total. The minimum Gasteiger partial charge on any atom is -0.497 e. The van der Waals surface area contributed by atoms with Crippen molar-refractivity contribution >= 4 is 11.6 Å². The molecule has 2 atom stereocenters. The van der Waals surface area contributed by atoms with E-state index in [1.807, 2.05) is 60.7 Å². The van der Waals surface area contributed by atoms with E-state index < -0.39 is 0 Å². The second kappa shape index (κ2) is 9.72. The van der Waals surface area contributed by atoms with E-state index in [0.29, 0.717) is 5.92 Å². The van der Waals surface area contributed by atoms with E-state index in [9.17, 15) is 4.79 Å². The van der Waals surface area contributed by atoms with Gasteiger partial charge in [0.15, 0.2) is 6.04 Å². The van der Waals surface area contributed by atoms with Crippen molar-refractivity contribution in [3.05, 3.63) is 96.1 Å². The van der Waals surface area contributed by atoms with Crippen molar-refractivity contribution in [2.24, 2.45) is 0 Å². The molecule has 3 aromatic rings. The van der Waals surface area contributed by atoms with Crippen LogP contribution in [0, 0.1) is 0 Å². The minimum atomic E-state index is -0.321. The van der Waals surface area contributed by atoms with Gasteiger partial charge in [0.1, 0.15) is 5.75 Å². The maximum absolute atomic E-state index is 13.1. The Morgan fingerprint density at radius 3 is 2.21 bits per heavy atom. The Labute approximate surface area is 166 Å². The second-order valence-corrected chi connectivity index (χ2v) is 6.89. The van der Waals surface area contributed by atoms with Crippen LogP contribution in [0.15, 0.2) is 84.9 Å². The van der Waals surface area contributed by atoms with Crippen LogP contribution in [0.3, 0.4) is 0 Å². The van der Waals surface area contributed by atoms with Crippen LogP contribution in [0.5, 0.6) is 5.75 Å². The van der Waals surface area contributed by atoms with Crippen LogP contribution in [0.2, 0.25) is 0 Å². The van der Waals surface area contributed by atoms with Gasteiger partial charge in [0.25, 0.3) is 5.91 Å². The molecule has 0 bridgehead atoms. The molecule has 0 unspecified atom stereocenters. The van der Waals surface area contributed by atoms with Gasteiger partial charge < -0.3 is 15.4 Å². The summed E-state index contributed by atoms with van der Waals surface area (Å²) in [5, 5.41) is 5.14. The highest BCUT2D eigenvalue weighted by molar-refractivity contribution is 5.94. The molecule has 3 N–H and O–H groups in total. The van der Waals surface area contributed by atoms with Gasteiger partial charge in [-0.05, 0) is 17.7 Å². The Morgan fingerprint density at radius 2 is 1.57 bits per heavy atom. The lowest BCUT2D eigenvalue weighted by Gasteiger charge is -2.19. The Hall–Kier alpha value is -3.11. The summed E-state index contributed by atoms with van der Waals surface area (Å²) < 4.78 is 5.25. The molecule has 0 spiro atoms. The highest BCUT2D eigenvalue weighted by Crippen LogP contribution is 2.19. The fourth-order valence-electron chi connectivity index (χ4n) is 3.23. The van der Waals surface area contributed by atoms with Crippen LogP contribution in [0.25, 0.3) is 0 Å². The number of rotatable bonds is 8. The van der Waals surface area contributed by atoms with Crippen molar-refractivity contribution < 1.29 is 14.8 Å². The van der Waals surface area contributed by atoms with Crippen molar-refractivity contribution in [2.45, 2.75) is 18.9 Å². The van der Waals surface area contributed by atoms with Gasteiger partial charge in [-0.2, -0.15) is 0 Å². The van der Waals surface area contributed by atoms with Gasteiger partial charge in [0.05, 0.1) is 13.7 Å². The van der Waals surface area contributed by atoms with Gasteiger partial charge in [0.2, 0.25) is 0 Å². The van der Waals surface area contributed by atoms with Crippen molar-refractivity contribution in [1.29, 1.82) is 0 Å². The fourth-order valence-corrected chi connectivity index (χ4v) is 3.23. The van der Waals surface area contributed by atoms with E-state index in [1.54, 1.807) is 7.11 Å². The summed E-state index contributed by atoms with van der Waals surface area (Å²) in [5.41, 5.74) is 3.00. The molecule has 0 aliphatic rings. The van der Waals surface area contributed by atoms with Gasteiger partial charge >= 0.3 is 0 Å². The molecule has 3 aromatic carbocycles. The van der Waals surface area contributed by atoms with Gasteiger partial charge in [-0.3, -0.25) is 4.79 Å². The third kappa shape index (κ3) is 5.21. The van der Waals surface area contributed by atoms with Crippen LogP contribution in [-0.2, 0) is 4.79 Å². The van der Waals surface area contributed by atoms with Gasteiger partial charge in [-0.25, -0.2) is 0 Å². The molecule has 0 heterocycles. The molecule has 28 heavy (non-hydrogen) atoms. The third-order valence-corrected chi connectivity index (χ3v) is 4.87. The smallest absolute Gasteiger partial charge is 0.287 e. The number of anilines is 1. The lowest BCUT2D eigenvalue weighted by atomic mass is 9.99. The van der Waals surface area contributed by atoms with Gasteiger partial charge in [-0.1, -0.05) is 73.7 Å². The predicted octanol–water partition coefficient (Wildman–Crippen LogP) is 3.74. The maximum Gasteiger partial charge on any atom is 0.287 e. The first-order valence-corrected chi connectivity index (χ1v) is 9.55. The van der Waals surface area contributed by atoms with E-state index in [1.165, 1.54) is 5.56 Å². The molecule has 144 valence electrons. The van der Waals surface area contributed by atoms with E-state index in [0.717, 1.165) is 23.5 Å². The summed E-state index contributed by atoms with van der Waals surface area (Å²) in [6.07, 6.45) is 0. The quantitative estimate of drug-likeness (QED) is 0.630. The van der Waals surface area contributed by atoms with Crippen LogP contribution in [-0.4, -0.2) is 19.6 Å². The molecule has 0 aliphatic heterocycles. The number of hydrogen-bond acceptors (Lipinski definition) is 2. The van der Waals surface area contributed by atoms with Gasteiger partial charge in [-0.15, -0.1) is 0 Å². The second-order valence-electron chi connectivity index (χ2n) is 6.89. The lowest BCUT2D eigenvalue weighted by Crippen LogP contribution is -2.88. The van der Waals surface area contributed by atoms with Crippen molar-refractivity contribution in [3.63, 3.8) is 0 Å². The fraction of sp³-hybridized carbons (Fsp3) is 0.208. The number of nitrogens with one attached hydrogen (secondary N) is 1. The number of quaternary nitrogens is 1. The molecule has 3 rings (SSSR count). The zero-order chi connectivity index (χ0) is 19.8. The number of hydrogen-bond donors (Lipinski definition) is 2. The average Bonchev–Trinajstić information content (AvgIpc) is 2.75. The number of amides is 1.